The number of hydrogen-bond acceptors (Lipinski definition) is 3. The molecular weight excluding hydrogens is 284 g/mol. The van der Waals surface area contributed by atoms with Gasteiger partial charge in [-0.15, -0.1) is 0 Å². The molecule has 2 atom stereocenters. The first-order valence-electron chi connectivity index (χ1n) is 5.42. The molecule has 1 aliphatic carbocycles. The maximum atomic E-state index is 12.0. The van der Waals surface area contributed by atoms with Crippen molar-refractivity contribution in [2.75, 3.05) is 5.33 Å². The molecule has 6 heteroatoms. The molecule has 1 aliphatic rings. The summed E-state index contributed by atoms with van der Waals surface area (Å²) in [6.45, 7) is 4.07. The summed E-state index contributed by atoms with van der Waals surface area (Å²) >= 11 is 3.51. The summed E-state index contributed by atoms with van der Waals surface area (Å²) in [5.74, 6) is 0.196. The van der Waals surface area contributed by atoms with Crippen LogP contribution in [0.4, 0.5) is 0 Å². The largest absolute Gasteiger partial charge is 0.364 e. The van der Waals surface area contributed by atoms with Gasteiger partial charge in [-0.05, 0) is 24.3 Å². The molecule has 0 aliphatic heterocycles. The van der Waals surface area contributed by atoms with E-state index in [4.69, 9.17) is 0 Å². The van der Waals surface area contributed by atoms with Crippen LogP contribution >= 0.6 is 15.9 Å². The van der Waals surface area contributed by atoms with Crippen LogP contribution in [0.1, 0.15) is 13.8 Å². The van der Waals surface area contributed by atoms with Gasteiger partial charge in [0.1, 0.15) is 0 Å². The van der Waals surface area contributed by atoms with Gasteiger partial charge in [0.2, 0.25) is 0 Å². The zero-order valence-electron chi connectivity index (χ0n) is 10.1. The molecule has 0 amide bonds. The number of aromatic nitrogens is 4. The van der Waals surface area contributed by atoms with E-state index < -0.39 is 5.54 Å². The number of tetrazole rings is 1. The molecule has 0 saturated heterocycles. The van der Waals surface area contributed by atoms with Crippen molar-refractivity contribution in [2.24, 2.45) is 13.0 Å². The number of nitrogens with zero attached hydrogens (tertiary/aromatic N) is 4. The molecule has 0 fully saturated rings. The molecule has 0 radical (unpaired) electrons. The van der Waals surface area contributed by atoms with Gasteiger partial charge in [0.25, 0.3) is 0 Å². The van der Waals surface area contributed by atoms with Gasteiger partial charge < -0.3 is 0 Å². The number of halogens is 1. The lowest BCUT2D eigenvalue weighted by molar-refractivity contribution is 0.269. The average Bonchev–Trinajstić information content (AvgIpc) is 2.60. The van der Waals surface area contributed by atoms with Gasteiger partial charge in [-0.25, -0.2) is 4.79 Å². The lowest BCUT2D eigenvalue weighted by Crippen LogP contribution is -2.46. The Morgan fingerprint density at radius 2 is 2.24 bits per heavy atom. The normalized spacial score (nSPS) is 28.2. The Labute approximate surface area is 108 Å². The van der Waals surface area contributed by atoms with E-state index in [1.54, 1.807) is 7.05 Å². The minimum Gasteiger partial charge on any atom is -0.244 e. The maximum absolute atomic E-state index is 12.0. The maximum Gasteiger partial charge on any atom is 0.364 e. The highest BCUT2D eigenvalue weighted by Gasteiger charge is 2.38. The highest BCUT2D eigenvalue weighted by molar-refractivity contribution is 9.09. The molecule has 0 saturated carbocycles. The van der Waals surface area contributed by atoms with Crippen LogP contribution < -0.4 is 5.69 Å². The summed E-state index contributed by atoms with van der Waals surface area (Å²) in [7, 11) is 1.60. The van der Waals surface area contributed by atoms with E-state index in [9.17, 15) is 4.79 Å². The predicted molar refractivity (Wildman–Crippen MR) is 69.1 cm³/mol. The lowest BCUT2D eigenvalue weighted by atomic mass is 9.79. The van der Waals surface area contributed by atoms with E-state index in [-0.39, 0.29) is 11.6 Å². The molecule has 0 bridgehead atoms. The molecule has 0 N–H and O–H groups in total. The number of rotatable bonds is 2. The van der Waals surface area contributed by atoms with Gasteiger partial charge in [0.15, 0.2) is 0 Å². The molecule has 1 aromatic rings. The third-order valence-corrected chi connectivity index (χ3v) is 4.03. The molecule has 1 heterocycles. The first kappa shape index (κ1) is 12.3. The van der Waals surface area contributed by atoms with Gasteiger partial charge in [0.05, 0.1) is 5.54 Å². The van der Waals surface area contributed by atoms with Crippen LogP contribution in [0, 0.1) is 5.92 Å². The summed E-state index contributed by atoms with van der Waals surface area (Å²) in [4.78, 5) is 12.0. The third kappa shape index (κ3) is 1.80. The Morgan fingerprint density at radius 1 is 1.53 bits per heavy atom. The Kier molecular flexibility index (Phi) is 3.07. The fourth-order valence-corrected chi connectivity index (χ4v) is 3.37. The number of hydrogen-bond donors (Lipinski definition) is 0. The monoisotopic (exact) mass is 298 g/mol. The summed E-state index contributed by atoms with van der Waals surface area (Å²) in [6.07, 6.45) is 6.03. The first-order valence-corrected chi connectivity index (χ1v) is 6.54. The van der Waals surface area contributed by atoms with Crippen LogP contribution in [0.15, 0.2) is 28.6 Å². The van der Waals surface area contributed by atoms with Gasteiger partial charge >= 0.3 is 5.69 Å². The first-order chi connectivity index (χ1) is 8.00. The number of allylic oxidation sites excluding steroid dienone is 4. The van der Waals surface area contributed by atoms with Crippen molar-refractivity contribution in [3.05, 3.63) is 34.3 Å². The van der Waals surface area contributed by atoms with Crippen molar-refractivity contribution >= 4 is 15.9 Å². The van der Waals surface area contributed by atoms with Crippen molar-refractivity contribution in [1.29, 1.82) is 0 Å². The zero-order valence-corrected chi connectivity index (χ0v) is 11.7. The lowest BCUT2D eigenvalue weighted by Gasteiger charge is -2.35. The van der Waals surface area contributed by atoms with Crippen LogP contribution in [0.5, 0.6) is 0 Å². The van der Waals surface area contributed by atoms with Gasteiger partial charge in [-0.1, -0.05) is 39.7 Å². The van der Waals surface area contributed by atoms with Crippen LogP contribution in [0.2, 0.25) is 0 Å². The fraction of sp³-hybridized carbons (Fsp3) is 0.545. The zero-order chi connectivity index (χ0) is 12.6. The fourth-order valence-electron chi connectivity index (χ4n) is 2.20. The molecule has 0 spiro atoms. The smallest absolute Gasteiger partial charge is 0.244 e. The second-order valence-electron chi connectivity index (χ2n) is 4.50. The van der Waals surface area contributed by atoms with Crippen molar-refractivity contribution < 1.29 is 0 Å². The van der Waals surface area contributed by atoms with Crippen LogP contribution in [0.25, 0.3) is 0 Å². The Bertz CT molecular complexity index is 542. The van der Waals surface area contributed by atoms with Crippen molar-refractivity contribution in [1.82, 2.24) is 19.8 Å². The van der Waals surface area contributed by atoms with E-state index >= 15 is 0 Å². The van der Waals surface area contributed by atoms with Gasteiger partial charge in [-0.3, -0.25) is 0 Å². The molecule has 5 nitrogen and oxygen atoms in total. The molecular formula is C11H15BrN4O. The van der Waals surface area contributed by atoms with Crippen LogP contribution in [-0.4, -0.2) is 25.1 Å². The summed E-state index contributed by atoms with van der Waals surface area (Å²) < 4.78 is 2.70. The molecule has 1 aromatic heterocycles. The minimum absolute atomic E-state index is 0.196. The van der Waals surface area contributed by atoms with Crippen LogP contribution in [-0.2, 0) is 12.6 Å². The number of aryl methyl sites for hydroxylation is 1. The molecule has 92 valence electrons. The van der Waals surface area contributed by atoms with E-state index in [0.29, 0.717) is 0 Å². The highest BCUT2D eigenvalue weighted by atomic mass is 79.9. The molecule has 2 rings (SSSR count). The Morgan fingerprint density at radius 3 is 2.76 bits per heavy atom. The molecule has 0 aromatic carbocycles. The van der Waals surface area contributed by atoms with Crippen molar-refractivity contribution in [3.63, 3.8) is 0 Å². The Balaban J connectivity index is 2.56. The average molecular weight is 299 g/mol. The Hall–Kier alpha value is -1.17. The van der Waals surface area contributed by atoms with E-state index in [1.165, 1.54) is 14.9 Å². The van der Waals surface area contributed by atoms with E-state index in [2.05, 4.69) is 39.4 Å². The summed E-state index contributed by atoms with van der Waals surface area (Å²) in [6, 6.07) is 0. The standard InChI is InChI=1S/C11H15BrN4O/c1-8-5-4-6-11(2,9(8)7-12)16-10(17)15(3)13-14-16/h4-6,9H,7H2,1-3H3. The summed E-state index contributed by atoms with van der Waals surface area (Å²) in [5.41, 5.74) is 0.565. The minimum atomic E-state index is -0.465. The highest BCUT2D eigenvalue weighted by Crippen LogP contribution is 2.35. The number of alkyl halides is 1. The predicted octanol–water partition coefficient (Wildman–Crippen LogP) is 1.22. The van der Waals surface area contributed by atoms with Crippen molar-refractivity contribution in [2.45, 2.75) is 19.4 Å². The van der Waals surface area contributed by atoms with Crippen LogP contribution in [0.3, 0.4) is 0 Å². The van der Waals surface area contributed by atoms with Gasteiger partial charge in [-0.2, -0.15) is 9.36 Å². The molecule has 2 unspecified atom stereocenters. The quantitative estimate of drug-likeness (QED) is 0.772. The van der Waals surface area contributed by atoms with E-state index in [1.807, 2.05) is 19.1 Å². The third-order valence-electron chi connectivity index (χ3n) is 3.38. The SMILES string of the molecule is CC1=CC=CC(C)(n2nnn(C)c2=O)C1CBr. The topological polar surface area (TPSA) is 52.7 Å². The second-order valence-corrected chi connectivity index (χ2v) is 5.15. The van der Waals surface area contributed by atoms with Crippen molar-refractivity contribution in [3.8, 4) is 0 Å². The summed E-state index contributed by atoms with van der Waals surface area (Å²) in [5, 5.41) is 8.52. The molecule has 17 heavy (non-hydrogen) atoms. The second kappa shape index (κ2) is 4.25. The van der Waals surface area contributed by atoms with Gasteiger partial charge in [0, 0.05) is 18.3 Å². The van der Waals surface area contributed by atoms with E-state index in [0.717, 1.165) is 5.33 Å².